The third kappa shape index (κ3) is 4.69. The molecule has 0 atom stereocenters. The second-order valence-corrected chi connectivity index (χ2v) is 22.6. The van der Waals surface area contributed by atoms with Crippen LogP contribution in [0.15, 0.2) is 87.8 Å². The van der Waals surface area contributed by atoms with Crippen LogP contribution in [0.3, 0.4) is 0 Å². The molecule has 0 N–H and O–H groups in total. The van der Waals surface area contributed by atoms with E-state index in [1.807, 2.05) is 0 Å². The average molecular weight is 656 g/mol. The van der Waals surface area contributed by atoms with Gasteiger partial charge >= 0.3 is 238 Å². The van der Waals surface area contributed by atoms with E-state index in [9.17, 15) is 26.3 Å². The maximum absolute atomic E-state index is 13.3. The van der Waals surface area contributed by atoms with Crippen LogP contribution in [0.4, 0.5) is 26.3 Å². The Kier molecular flexibility index (Phi) is 7.02. The summed E-state index contributed by atoms with van der Waals surface area (Å²) in [7, 11) is -2.21. The number of benzene rings is 2. The third-order valence-electron chi connectivity index (χ3n) is 8.45. The summed E-state index contributed by atoms with van der Waals surface area (Å²) in [6.07, 6.45) is -7.72. The molecule has 2 nitrogen and oxygen atoms in total. The molecular weight excluding hydrogens is 626 g/mol. The van der Waals surface area contributed by atoms with E-state index in [4.69, 9.17) is 5.63 Å². The van der Waals surface area contributed by atoms with Gasteiger partial charge in [-0.1, -0.05) is 0 Å². The molecule has 0 unspecified atom stereocenters. The fraction of sp³-hybridized carbons (Fsp3) is 0.333. The number of halogens is 6. The van der Waals surface area contributed by atoms with E-state index in [-0.39, 0.29) is 11.5 Å². The summed E-state index contributed by atoms with van der Waals surface area (Å²) in [5, 5.41) is 2.51. The zero-order chi connectivity index (χ0) is 29.4. The van der Waals surface area contributed by atoms with Crippen LogP contribution < -0.4 is 5.63 Å². The molecule has 0 bridgehead atoms. The van der Waals surface area contributed by atoms with Gasteiger partial charge < -0.3 is 0 Å². The van der Waals surface area contributed by atoms with Crippen molar-refractivity contribution in [2.45, 2.75) is 66.0 Å². The average Bonchev–Trinajstić information content (AvgIpc) is 3.34. The van der Waals surface area contributed by atoms with E-state index in [1.54, 1.807) is 0 Å². The molecule has 0 radical (unpaired) electrons. The van der Waals surface area contributed by atoms with Gasteiger partial charge in [0.1, 0.15) is 0 Å². The molecule has 3 aliphatic rings. The normalized spacial score (nSPS) is 20.3. The van der Waals surface area contributed by atoms with Gasteiger partial charge in [0.2, 0.25) is 0 Å². The van der Waals surface area contributed by atoms with Gasteiger partial charge in [-0.3, -0.25) is 0 Å². The van der Waals surface area contributed by atoms with Gasteiger partial charge in [0, 0.05) is 0 Å². The fourth-order valence-corrected chi connectivity index (χ4v) is 26.7. The van der Waals surface area contributed by atoms with Crippen LogP contribution in [0.1, 0.15) is 51.7 Å². The van der Waals surface area contributed by atoms with Crippen LogP contribution in [0, 0.1) is 0 Å². The molecule has 5 rings (SSSR count). The number of hydrogen-bond donors (Lipinski definition) is 0. The van der Waals surface area contributed by atoms with Crippen LogP contribution in [0.2, 0.25) is 13.1 Å². The predicted molar refractivity (Wildman–Crippen MR) is 142 cm³/mol. The zero-order valence-electron chi connectivity index (χ0n) is 23.1. The molecule has 0 saturated carbocycles. The Morgan fingerprint density at radius 1 is 0.600 bits per heavy atom. The Labute approximate surface area is 236 Å². The SMILES string of the molecule is CC1=C(C)C2=[C](C1)[Zr]([O]c1ccc(C(F)(F)F)cc1)([O]c1ccc(C(F)(F)F)cc1)[C]1=C(C(C)=C(C)C1)[Si]2(C)C. The first-order valence-electron chi connectivity index (χ1n) is 13.0. The maximum atomic E-state index is 13.3. The molecule has 0 saturated heterocycles. The quantitative estimate of drug-likeness (QED) is 0.241. The molecule has 0 amide bonds. The number of alkyl halides is 6. The molecule has 40 heavy (non-hydrogen) atoms. The number of rotatable bonds is 4. The minimum absolute atomic E-state index is 0.264. The molecule has 2 aromatic carbocycles. The summed E-state index contributed by atoms with van der Waals surface area (Å²) in [5.41, 5.74) is 3.21. The predicted octanol–water partition coefficient (Wildman–Crippen LogP) is 9.95. The first-order valence-corrected chi connectivity index (χ1v) is 20.5. The van der Waals surface area contributed by atoms with Crippen LogP contribution in [-0.4, -0.2) is 8.07 Å². The molecular formula is C30H30F6O2SiZr. The number of hydrogen-bond acceptors (Lipinski definition) is 2. The Morgan fingerprint density at radius 2 is 0.925 bits per heavy atom. The van der Waals surface area contributed by atoms with Gasteiger partial charge in [-0.15, -0.1) is 0 Å². The topological polar surface area (TPSA) is 18.5 Å². The second-order valence-electron chi connectivity index (χ2n) is 11.4. The third-order valence-corrected chi connectivity index (χ3v) is 22.1. The second kappa shape index (κ2) is 9.62. The Balaban J connectivity index is 1.72. The van der Waals surface area contributed by atoms with E-state index >= 15 is 0 Å². The van der Waals surface area contributed by atoms with Crippen molar-refractivity contribution >= 4 is 8.07 Å². The first-order chi connectivity index (χ1) is 18.5. The Morgan fingerprint density at radius 3 is 1.23 bits per heavy atom. The van der Waals surface area contributed by atoms with Gasteiger partial charge in [-0.2, -0.15) is 0 Å². The Bertz CT molecular complexity index is 1390. The molecule has 0 aromatic heterocycles. The van der Waals surface area contributed by atoms with E-state index in [0.29, 0.717) is 12.8 Å². The van der Waals surface area contributed by atoms with Crippen molar-refractivity contribution < 1.29 is 53.1 Å². The molecule has 1 heterocycles. The Hall–Kier alpha value is -2.32. The van der Waals surface area contributed by atoms with Gasteiger partial charge in [-0.25, -0.2) is 0 Å². The van der Waals surface area contributed by atoms with Crippen molar-refractivity contribution in [2.24, 2.45) is 0 Å². The van der Waals surface area contributed by atoms with Gasteiger partial charge in [-0.05, 0) is 0 Å². The summed E-state index contributed by atoms with van der Waals surface area (Å²) in [6.45, 7) is 13.0. The summed E-state index contributed by atoms with van der Waals surface area (Å²) in [5.74, 6) is 0.528. The first kappa shape index (κ1) is 29.2. The number of allylic oxidation sites excluding steroid dienone is 8. The fourth-order valence-electron chi connectivity index (χ4n) is 6.44. The molecule has 1 aliphatic heterocycles. The van der Waals surface area contributed by atoms with Gasteiger partial charge in [0.25, 0.3) is 0 Å². The van der Waals surface area contributed by atoms with Crippen LogP contribution in [0.25, 0.3) is 0 Å². The van der Waals surface area contributed by atoms with Crippen molar-refractivity contribution in [1.29, 1.82) is 0 Å². The molecule has 2 aliphatic carbocycles. The van der Waals surface area contributed by atoms with Crippen molar-refractivity contribution in [2.75, 3.05) is 0 Å². The summed E-state index contributed by atoms with van der Waals surface area (Å²) >= 11 is -4.75. The van der Waals surface area contributed by atoms with Gasteiger partial charge in [0.05, 0.1) is 0 Å². The van der Waals surface area contributed by atoms with E-state index < -0.39 is 52.7 Å². The monoisotopic (exact) mass is 654 g/mol. The standard InChI is InChI=1S/C16H22Si.2C7H5F3O.Zr/c1-11-7-9-15(13(11)3)17(5,6)16-10-8-12(2)14(16)4;2*8-7(9,10)5-1-3-6(11)4-2-5;/h7-8H2,1-6H3;2*1-4,11H;/q;;;+2/p-2. The molecule has 2 aromatic rings. The van der Waals surface area contributed by atoms with Gasteiger partial charge in [0.15, 0.2) is 0 Å². The van der Waals surface area contributed by atoms with Crippen LogP contribution in [0.5, 0.6) is 11.5 Å². The van der Waals surface area contributed by atoms with E-state index in [2.05, 4.69) is 40.8 Å². The van der Waals surface area contributed by atoms with Crippen molar-refractivity contribution in [3.05, 3.63) is 98.9 Å². The summed E-state index contributed by atoms with van der Waals surface area (Å²) < 4.78 is 95.8. The van der Waals surface area contributed by atoms with E-state index in [0.717, 1.165) is 30.8 Å². The summed E-state index contributed by atoms with van der Waals surface area (Å²) in [6, 6.07) is 9.24. The minimum atomic E-state index is -4.75. The molecule has 0 spiro atoms. The van der Waals surface area contributed by atoms with Crippen LogP contribution in [-0.2, 0) is 33.5 Å². The van der Waals surface area contributed by atoms with Crippen molar-refractivity contribution in [1.82, 2.24) is 0 Å². The van der Waals surface area contributed by atoms with Crippen molar-refractivity contribution in [3.8, 4) is 11.5 Å². The van der Waals surface area contributed by atoms with Crippen LogP contribution >= 0.6 is 0 Å². The summed E-state index contributed by atoms with van der Waals surface area (Å²) in [4.78, 5) is 0. The van der Waals surface area contributed by atoms with E-state index in [1.165, 1.54) is 57.0 Å². The molecule has 10 heteroatoms. The zero-order valence-corrected chi connectivity index (χ0v) is 26.6. The van der Waals surface area contributed by atoms with Crippen molar-refractivity contribution in [3.63, 3.8) is 0 Å². The molecule has 0 fully saturated rings. The molecule has 212 valence electrons.